The lowest BCUT2D eigenvalue weighted by molar-refractivity contribution is -0.138. The molecule has 0 bridgehead atoms. The molecular weight excluding hydrogens is 319 g/mol. The first-order valence-electron chi connectivity index (χ1n) is 9.42. The van der Waals surface area contributed by atoms with Crippen LogP contribution in [0.3, 0.4) is 0 Å². The number of likely N-dealkylation sites (tertiary alicyclic amines) is 1. The van der Waals surface area contributed by atoms with Crippen molar-refractivity contribution < 1.29 is 14.0 Å². The Morgan fingerprint density at radius 2 is 2.04 bits per heavy atom. The van der Waals surface area contributed by atoms with Gasteiger partial charge in [-0.2, -0.15) is 0 Å². The van der Waals surface area contributed by atoms with E-state index in [9.17, 15) is 14.0 Å². The van der Waals surface area contributed by atoms with Crippen LogP contribution in [0.25, 0.3) is 0 Å². The molecule has 1 N–H and O–H groups in total. The Balaban J connectivity index is 1.42. The summed E-state index contributed by atoms with van der Waals surface area (Å²) in [7, 11) is 0. The first kappa shape index (κ1) is 16.6. The maximum atomic E-state index is 13.6. The second-order valence-electron chi connectivity index (χ2n) is 7.87. The van der Waals surface area contributed by atoms with Crippen LogP contribution in [0.5, 0.6) is 0 Å². The van der Waals surface area contributed by atoms with Crippen molar-refractivity contribution in [2.75, 3.05) is 19.6 Å². The highest BCUT2D eigenvalue weighted by atomic mass is 19.1. The number of hydrogen-bond donors (Lipinski definition) is 1. The SMILES string of the molecule is O=C(NCC1CC1)[C@H]1CCCN(C(=O)C2(c3cccc(F)c3)CC2)C1. The third-order valence-electron chi connectivity index (χ3n) is 5.88. The second-order valence-corrected chi connectivity index (χ2v) is 7.87. The summed E-state index contributed by atoms with van der Waals surface area (Å²) >= 11 is 0. The zero-order chi connectivity index (χ0) is 17.4. The fourth-order valence-corrected chi connectivity index (χ4v) is 3.93. The monoisotopic (exact) mass is 344 g/mol. The van der Waals surface area contributed by atoms with E-state index in [0.717, 1.165) is 37.8 Å². The maximum Gasteiger partial charge on any atom is 0.233 e. The summed E-state index contributed by atoms with van der Waals surface area (Å²) < 4.78 is 13.6. The lowest BCUT2D eigenvalue weighted by Crippen LogP contribution is -2.48. The molecule has 1 aliphatic heterocycles. The van der Waals surface area contributed by atoms with Crippen molar-refractivity contribution in [2.45, 2.75) is 43.9 Å². The Bertz CT molecular complexity index is 682. The quantitative estimate of drug-likeness (QED) is 0.893. The van der Waals surface area contributed by atoms with E-state index in [1.54, 1.807) is 6.07 Å². The van der Waals surface area contributed by atoms with Crippen LogP contribution in [0.4, 0.5) is 4.39 Å². The van der Waals surface area contributed by atoms with Crippen molar-refractivity contribution in [3.63, 3.8) is 0 Å². The minimum absolute atomic E-state index is 0.0674. The Morgan fingerprint density at radius 1 is 1.24 bits per heavy atom. The van der Waals surface area contributed by atoms with E-state index in [2.05, 4.69) is 5.32 Å². The number of piperidine rings is 1. The van der Waals surface area contributed by atoms with Crippen molar-refractivity contribution in [1.29, 1.82) is 0 Å². The van der Waals surface area contributed by atoms with E-state index < -0.39 is 5.41 Å². The second kappa shape index (κ2) is 6.43. The molecule has 1 saturated heterocycles. The molecule has 2 saturated carbocycles. The van der Waals surface area contributed by atoms with Crippen LogP contribution in [0.1, 0.15) is 44.1 Å². The van der Waals surface area contributed by atoms with Crippen molar-refractivity contribution >= 4 is 11.8 Å². The number of benzene rings is 1. The van der Waals surface area contributed by atoms with Crippen LogP contribution in [0.15, 0.2) is 24.3 Å². The maximum absolute atomic E-state index is 13.6. The molecule has 5 heteroatoms. The highest BCUT2D eigenvalue weighted by Gasteiger charge is 2.53. The summed E-state index contributed by atoms with van der Waals surface area (Å²) in [5.74, 6) is 0.401. The third kappa shape index (κ3) is 3.42. The van der Waals surface area contributed by atoms with E-state index >= 15 is 0 Å². The summed E-state index contributed by atoms with van der Waals surface area (Å²) in [6.07, 6.45) is 5.66. The minimum Gasteiger partial charge on any atom is -0.356 e. The molecule has 1 aromatic rings. The number of nitrogens with zero attached hydrogens (tertiary/aromatic N) is 1. The molecule has 0 radical (unpaired) electrons. The van der Waals surface area contributed by atoms with Gasteiger partial charge < -0.3 is 10.2 Å². The highest BCUT2D eigenvalue weighted by Crippen LogP contribution is 2.50. The Morgan fingerprint density at radius 3 is 2.72 bits per heavy atom. The summed E-state index contributed by atoms with van der Waals surface area (Å²) in [5.41, 5.74) is 0.215. The molecular formula is C20H25FN2O2. The van der Waals surface area contributed by atoms with Gasteiger partial charge in [-0.3, -0.25) is 9.59 Å². The molecule has 2 amide bonds. The van der Waals surface area contributed by atoms with Gasteiger partial charge in [0, 0.05) is 19.6 Å². The number of rotatable bonds is 5. The van der Waals surface area contributed by atoms with E-state index in [-0.39, 0.29) is 23.5 Å². The van der Waals surface area contributed by atoms with Crippen molar-refractivity contribution in [2.24, 2.45) is 11.8 Å². The molecule has 4 rings (SSSR count). The largest absolute Gasteiger partial charge is 0.356 e. The van der Waals surface area contributed by atoms with E-state index in [1.165, 1.54) is 25.0 Å². The molecule has 3 aliphatic rings. The van der Waals surface area contributed by atoms with Crippen LogP contribution in [-0.4, -0.2) is 36.3 Å². The van der Waals surface area contributed by atoms with E-state index in [4.69, 9.17) is 0 Å². The molecule has 0 unspecified atom stereocenters. The van der Waals surface area contributed by atoms with Gasteiger partial charge in [0.05, 0.1) is 11.3 Å². The fraction of sp³-hybridized carbons (Fsp3) is 0.600. The Hall–Kier alpha value is -1.91. The van der Waals surface area contributed by atoms with Gasteiger partial charge in [0.25, 0.3) is 0 Å². The van der Waals surface area contributed by atoms with Crippen LogP contribution in [-0.2, 0) is 15.0 Å². The van der Waals surface area contributed by atoms with Gasteiger partial charge in [-0.05, 0) is 62.1 Å². The van der Waals surface area contributed by atoms with Crippen molar-refractivity contribution in [3.05, 3.63) is 35.6 Å². The molecule has 1 heterocycles. The number of halogens is 1. The van der Waals surface area contributed by atoms with Crippen LogP contribution >= 0.6 is 0 Å². The van der Waals surface area contributed by atoms with Gasteiger partial charge >= 0.3 is 0 Å². The highest BCUT2D eigenvalue weighted by molar-refractivity contribution is 5.92. The first-order valence-corrected chi connectivity index (χ1v) is 9.42. The van der Waals surface area contributed by atoms with Gasteiger partial charge in [0.15, 0.2) is 0 Å². The van der Waals surface area contributed by atoms with Crippen LogP contribution in [0, 0.1) is 17.7 Å². The van der Waals surface area contributed by atoms with Crippen LogP contribution in [0.2, 0.25) is 0 Å². The normalized spacial score (nSPS) is 24.7. The van der Waals surface area contributed by atoms with Gasteiger partial charge in [0.1, 0.15) is 5.82 Å². The molecule has 0 spiro atoms. The van der Waals surface area contributed by atoms with Crippen molar-refractivity contribution in [1.82, 2.24) is 10.2 Å². The lowest BCUT2D eigenvalue weighted by Gasteiger charge is -2.34. The minimum atomic E-state index is -0.561. The third-order valence-corrected chi connectivity index (χ3v) is 5.88. The molecule has 0 aromatic heterocycles. The van der Waals surface area contributed by atoms with Crippen LogP contribution < -0.4 is 5.32 Å². The molecule has 2 aliphatic carbocycles. The molecule has 1 atom stereocenters. The fourth-order valence-electron chi connectivity index (χ4n) is 3.93. The number of carbonyl (C=O) groups excluding carboxylic acids is 2. The zero-order valence-corrected chi connectivity index (χ0v) is 14.5. The summed E-state index contributed by atoms with van der Waals surface area (Å²) in [6, 6.07) is 6.40. The number of amides is 2. The topological polar surface area (TPSA) is 49.4 Å². The number of nitrogens with one attached hydrogen (secondary N) is 1. The molecule has 25 heavy (non-hydrogen) atoms. The smallest absolute Gasteiger partial charge is 0.233 e. The molecule has 1 aromatic carbocycles. The van der Waals surface area contributed by atoms with Gasteiger partial charge in [-0.25, -0.2) is 4.39 Å². The van der Waals surface area contributed by atoms with Gasteiger partial charge in [0.2, 0.25) is 11.8 Å². The predicted octanol–water partition coefficient (Wildman–Crippen LogP) is 2.62. The summed E-state index contributed by atoms with van der Waals surface area (Å²) in [6.45, 7) is 1.96. The average Bonchev–Trinajstić information content (AvgIpc) is 3.54. The standard InChI is InChI=1S/C20H25FN2O2/c21-17-5-1-4-16(11-17)20(8-9-20)19(25)23-10-2-3-15(13-23)18(24)22-12-14-6-7-14/h1,4-5,11,14-15H,2-3,6-10,12-13H2,(H,22,24)/t15-/m0/s1. The molecule has 4 nitrogen and oxygen atoms in total. The zero-order valence-electron chi connectivity index (χ0n) is 14.5. The summed E-state index contributed by atoms with van der Waals surface area (Å²) in [4.78, 5) is 27.3. The van der Waals surface area contributed by atoms with Crippen molar-refractivity contribution in [3.8, 4) is 0 Å². The predicted molar refractivity (Wildman–Crippen MR) is 92.3 cm³/mol. The molecule has 134 valence electrons. The lowest BCUT2D eigenvalue weighted by atomic mass is 9.91. The van der Waals surface area contributed by atoms with E-state index in [1.807, 2.05) is 11.0 Å². The molecule has 3 fully saturated rings. The van der Waals surface area contributed by atoms with Gasteiger partial charge in [-0.1, -0.05) is 12.1 Å². The number of hydrogen-bond acceptors (Lipinski definition) is 2. The Kier molecular flexibility index (Phi) is 4.26. The average molecular weight is 344 g/mol. The van der Waals surface area contributed by atoms with Gasteiger partial charge in [-0.15, -0.1) is 0 Å². The first-order chi connectivity index (χ1) is 12.1. The Labute approximate surface area is 147 Å². The number of carbonyl (C=O) groups is 2. The van der Waals surface area contributed by atoms with E-state index in [0.29, 0.717) is 19.0 Å². The summed E-state index contributed by atoms with van der Waals surface area (Å²) in [5, 5.41) is 3.04.